The molecule has 0 saturated heterocycles. The first-order valence-electron chi connectivity index (χ1n) is 9.51. The molecule has 0 aliphatic rings. The fourth-order valence-electron chi connectivity index (χ4n) is 2.91. The first-order valence-corrected chi connectivity index (χ1v) is 12.4. The lowest BCUT2D eigenvalue weighted by Gasteiger charge is -2.19. The summed E-state index contributed by atoms with van der Waals surface area (Å²) in [6.45, 7) is 6.13. The Labute approximate surface area is 178 Å². The van der Waals surface area contributed by atoms with Crippen LogP contribution in [0.2, 0.25) is 0 Å². The summed E-state index contributed by atoms with van der Waals surface area (Å²) in [5.41, 5.74) is 1.06. The van der Waals surface area contributed by atoms with E-state index in [9.17, 15) is 21.6 Å². The van der Waals surface area contributed by atoms with Crippen molar-refractivity contribution in [3.05, 3.63) is 59.7 Å². The summed E-state index contributed by atoms with van der Waals surface area (Å²) < 4.78 is 52.3. The van der Waals surface area contributed by atoms with Crippen molar-refractivity contribution in [1.82, 2.24) is 14.3 Å². The summed E-state index contributed by atoms with van der Waals surface area (Å²) in [4.78, 5) is 12.7. The van der Waals surface area contributed by atoms with Gasteiger partial charge in [-0.2, -0.15) is 4.31 Å². The summed E-state index contributed by atoms with van der Waals surface area (Å²) in [5.74, 6) is -0.365. The summed E-state index contributed by atoms with van der Waals surface area (Å²) in [5, 5.41) is 2.82. The van der Waals surface area contributed by atoms with Gasteiger partial charge >= 0.3 is 0 Å². The molecule has 0 aromatic heterocycles. The third kappa shape index (κ3) is 5.25. The molecule has 0 bridgehead atoms. The largest absolute Gasteiger partial charge is 0.346 e. The van der Waals surface area contributed by atoms with Crippen molar-refractivity contribution in [2.24, 2.45) is 0 Å². The Kier molecular flexibility index (Phi) is 7.75. The van der Waals surface area contributed by atoms with Crippen LogP contribution in [-0.4, -0.2) is 47.2 Å². The Morgan fingerprint density at radius 2 is 1.40 bits per heavy atom. The van der Waals surface area contributed by atoms with Gasteiger partial charge in [0, 0.05) is 18.7 Å². The Balaban J connectivity index is 2.12. The fraction of sp³-hybridized carbons (Fsp3) is 0.350. The molecule has 1 atom stereocenters. The van der Waals surface area contributed by atoms with Crippen LogP contribution in [0.25, 0.3) is 0 Å². The molecule has 0 radical (unpaired) electrons. The van der Waals surface area contributed by atoms with Crippen LogP contribution < -0.4 is 10.0 Å². The van der Waals surface area contributed by atoms with E-state index in [2.05, 4.69) is 10.0 Å². The predicted octanol–water partition coefficient (Wildman–Crippen LogP) is 2.12. The van der Waals surface area contributed by atoms with Gasteiger partial charge in [0.15, 0.2) is 0 Å². The van der Waals surface area contributed by atoms with E-state index in [1.807, 2.05) is 0 Å². The van der Waals surface area contributed by atoms with E-state index in [-0.39, 0.29) is 21.7 Å². The van der Waals surface area contributed by atoms with Gasteiger partial charge in [-0.1, -0.05) is 26.0 Å². The minimum atomic E-state index is -3.57. The van der Waals surface area contributed by atoms with Gasteiger partial charge in [0.2, 0.25) is 20.0 Å². The van der Waals surface area contributed by atoms with Crippen LogP contribution in [0.15, 0.2) is 58.3 Å². The van der Waals surface area contributed by atoms with Crippen molar-refractivity contribution in [1.29, 1.82) is 0 Å². The van der Waals surface area contributed by atoms with Crippen LogP contribution in [0, 0.1) is 0 Å². The maximum atomic E-state index is 12.6. The Morgan fingerprint density at radius 3 is 1.87 bits per heavy atom. The van der Waals surface area contributed by atoms with Crippen LogP contribution >= 0.6 is 0 Å². The average Bonchev–Trinajstić information content (AvgIpc) is 2.74. The van der Waals surface area contributed by atoms with Crippen LogP contribution in [0.1, 0.15) is 42.7 Å². The van der Waals surface area contributed by atoms with Crippen LogP contribution in [-0.2, 0) is 20.0 Å². The maximum absolute atomic E-state index is 12.6. The highest BCUT2D eigenvalue weighted by Gasteiger charge is 2.22. The molecule has 1 amide bonds. The lowest BCUT2D eigenvalue weighted by Crippen LogP contribution is -2.30. The number of carbonyl (C=O) groups is 1. The number of hydrogen-bond acceptors (Lipinski definition) is 5. The molecule has 164 valence electrons. The highest BCUT2D eigenvalue weighted by atomic mass is 32.2. The van der Waals surface area contributed by atoms with E-state index in [0.29, 0.717) is 18.7 Å². The van der Waals surface area contributed by atoms with Gasteiger partial charge < -0.3 is 5.32 Å². The zero-order chi connectivity index (χ0) is 22.5. The monoisotopic (exact) mass is 453 g/mol. The molecular formula is C20H27N3O5S2. The molecule has 0 fully saturated rings. The number of hydrogen-bond donors (Lipinski definition) is 2. The standard InChI is InChI=1S/C20H27N3O5S2/c1-5-23(6-2)30(27,28)19-13-7-16(8-14-19)15(3)22-20(24)17-9-11-18(12-10-17)29(25,26)21-4/h7-15,21H,5-6H2,1-4H3,(H,22,24)/t15-/m1/s1. The van der Waals surface area contributed by atoms with Gasteiger partial charge in [-0.25, -0.2) is 21.6 Å². The van der Waals surface area contributed by atoms with Gasteiger partial charge in [0.25, 0.3) is 5.91 Å². The molecule has 2 aromatic carbocycles. The van der Waals surface area contributed by atoms with Gasteiger partial charge in [-0.15, -0.1) is 0 Å². The topological polar surface area (TPSA) is 113 Å². The second-order valence-corrected chi connectivity index (χ2v) is 10.4. The minimum absolute atomic E-state index is 0.0691. The summed E-state index contributed by atoms with van der Waals surface area (Å²) in [6, 6.07) is 11.6. The smallest absolute Gasteiger partial charge is 0.251 e. The van der Waals surface area contributed by atoms with E-state index < -0.39 is 20.0 Å². The number of carbonyl (C=O) groups excluding carboxylic acids is 1. The summed E-state index contributed by atoms with van der Waals surface area (Å²) in [6.07, 6.45) is 0. The lowest BCUT2D eigenvalue weighted by atomic mass is 10.1. The Morgan fingerprint density at radius 1 is 0.900 bits per heavy atom. The normalized spacial score (nSPS) is 13.2. The number of nitrogens with zero attached hydrogens (tertiary/aromatic N) is 1. The quantitative estimate of drug-likeness (QED) is 0.604. The van der Waals surface area contributed by atoms with Crippen molar-refractivity contribution >= 4 is 26.0 Å². The zero-order valence-corrected chi connectivity index (χ0v) is 19.0. The van der Waals surface area contributed by atoms with Crippen molar-refractivity contribution < 1.29 is 21.6 Å². The van der Waals surface area contributed by atoms with E-state index in [1.54, 1.807) is 32.9 Å². The number of amides is 1. The van der Waals surface area contributed by atoms with E-state index in [4.69, 9.17) is 0 Å². The van der Waals surface area contributed by atoms with E-state index >= 15 is 0 Å². The molecule has 30 heavy (non-hydrogen) atoms. The second-order valence-electron chi connectivity index (χ2n) is 6.59. The molecule has 8 nitrogen and oxygen atoms in total. The molecular weight excluding hydrogens is 426 g/mol. The molecule has 10 heteroatoms. The average molecular weight is 454 g/mol. The van der Waals surface area contributed by atoms with Gasteiger partial charge in [-0.3, -0.25) is 4.79 Å². The van der Waals surface area contributed by atoms with Crippen LogP contribution in [0.3, 0.4) is 0 Å². The van der Waals surface area contributed by atoms with Crippen LogP contribution in [0.5, 0.6) is 0 Å². The van der Waals surface area contributed by atoms with Gasteiger partial charge in [0.1, 0.15) is 0 Å². The number of sulfonamides is 2. The lowest BCUT2D eigenvalue weighted by molar-refractivity contribution is 0.0939. The Bertz CT molecular complexity index is 1080. The highest BCUT2D eigenvalue weighted by Crippen LogP contribution is 2.20. The SMILES string of the molecule is CCN(CC)S(=O)(=O)c1ccc([C@@H](C)NC(=O)c2ccc(S(=O)(=O)NC)cc2)cc1. The summed E-state index contributed by atoms with van der Waals surface area (Å²) in [7, 11) is -5.79. The molecule has 0 saturated carbocycles. The highest BCUT2D eigenvalue weighted by molar-refractivity contribution is 7.89. The van der Waals surface area contributed by atoms with Gasteiger partial charge in [0.05, 0.1) is 15.8 Å². The van der Waals surface area contributed by atoms with Crippen molar-refractivity contribution in [3.63, 3.8) is 0 Å². The van der Waals surface area contributed by atoms with Crippen LogP contribution in [0.4, 0.5) is 0 Å². The third-order valence-corrected chi connectivity index (χ3v) is 8.26. The fourth-order valence-corrected chi connectivity index (χ4v) is 5.10. The number of nitrogens with one attached hydrogen (secondary N) is 2. The van der Waals surface area contributed by atoms with E-state index in [1.165, 1.54) is 47.8 Å². The third-order valence-electron chi connectivity index (χ3n) is 4.77. The molecule has 2 N–H and O–H groups in total. The second kappa shape index (κ2) is 9.69. The first kappa shape index (κ1) is 24.0. The van der Waals surface area contributed by atoms with Crippen molar-refractivity contribution in [2.45, 2.75) is 36.6 Å². The van der Waals surface area contributed by atoms with E-state index in [0.717, 1.165) is 5.56 Å². The first-order chi connectivity index (χ1) is 14.1. The van der Waals surface area contributed by atoms with Crippen molar-refractivity contribution in [3.8, 4) is 0 Å². The predicted molar refractivity (Wildman–Crippen MR) is 115 cm³/mol. The number of benzene rings is 2. The molecule has 0 aliphatic heterocycles. The molecule has 2 aromatic rings. The molecule has 0 unspecified atom stereocenters. The van der Waals surface area contributed by atoms with Gasteiger partial charge in [-0.05, 0) is 55.9 Å². The maximum Gasteiger partial charge on any atom is 0.251 e. The minimum Gasteiger partial charge on any atom is -0.346 e. The van der Waals surface area contributed by atoms with Crippen molar-refractivity contribution in [2.75, 3.05) is 20.1 Å². The Hall–Kier alpha value is -2.27. The zero-order valence-electron chi connectivity index (χ0n) is 17.4. The molecule has 0 spiro atoms. The molecule has 0 heterocycles. The molecule has 2 rings (SSSR count). The molecule has 0 aliphatic carbocycles. The summed E-state index contributed by atoms with van der Waals surface area (Å²) >= 11 is 0. The number of rotatable bonds is 9.